The van der Waals surface area contributed by atoms with E-state index >= 15 is 0 Å². The zero-order valence-corrected chi connectivity index (χ0v) is 19.8. The van der Waals surface area contributed by atoms with Crippen LogP contribution >= 0.6 is 15.9 Å². The molecule has 0 unspecified atom stereocenters. The van der Waals surface area contributed by atoms with Gasteiger partial charge in [-0.15, -0.1) is 10.2 Å². The van der Waals surface area contributed by atoms with Gasteiger partial charge in [0.15, 0.2) is 5.82 Å². The molecule has 0 radical (unpaired) electrons. The Kier molecular flexibility index (Phi) is 6.02. The van der Waals surface area contributed by atoms with E-state index in [9.17, 15) is 22.8 Å². The number of pyridine rings is 1. The molecule has 3 aromatic heterocycles. The standard InChI is InChI=1S/C22H18BrF3N6O2/c1-12(2)31-20(33)18(30-11-28-29-19(30)17-8-7-15(23)10-27-17)13(3)32(21(31)34)16-6-4-5-14(9-16)22(24,25)26/h4-12H,1-3H3. The molecule has 12 heteroatoms. The third-order valence-electron chi connectivity index (χ3n) is 5.19. The summed E-state index contributed by atoms with van der Waals surface area (Å²) < 4.78 is 44.3. The first kappa shape index (κ1) is 23.6. The van der Waals surface area contributed by atoms with E-state index in [0.29, 0.717) is 5.69 Å². The molecule has 0 saturated carbocycles. The molecule has 0 amide bonds. The smallest absolute Gasteiger partial charge is 0.273 e. The van der Waals surface area contributed by atoms with Crippen LogP contribution in [-0.4, -0.2) is 28.9 Å². The SMILES string of the molecule is Cc1c(-n2cnnc2-c2ccc(Br)cn2)c(=O)n(C(C)C)c(=O)n1-c1cccc(C(F)(F)F)c1. The Bertz CT molecular complexity index is 1490. The molecule has 0 spiro atoms. The average molecular weight is 535 g/mol. The maximum atomic E-state index is 13.5. The number of rotatable bonds is 4. The number of hydrogen-bond acceptors (Lipinski definition) is 5. The van der Waals surface area contributed by atoms with Gasteiger partial charge in [-0.2, -0.15) is 13.2 Å². The van der Waals surface area contributed by atoms with Gasteiger partial charge in [0.1, 0.15) is 17.7 Å². The molecule has 4 aromatic rings. The monoisotopic (exact) mass is 534 g/mol. The third kappa shape index (κ3) is 4.09. The Balaban J connectivity index is 2.06. The highest BCUT2D eigenvalue weighted by atomic mass is 79.9. The zero-order chi connectivity index (χ0) is 24.8. The Hall–Kier alpha value is -3.54. The minimum Gasteiger partial charge on any atom is -0.273 e. The van der Waals surface area contributed by atoms with Crippen molar-refractivity contribution in [3.05, 3.63) is 85.5 Å². The third-order valence-corrected chi connectivity index (χ3v) is 5.66. The maximum Gasteiger partial charge on any atom is 0.416 e. The lowest BCUT2D eigenvalue weighted by atomic mass is 10.2. The maximum absolute atomic E-state index is 13.5. The molecule has 1 aromatic carbocycles. The second kappa shape index (κ2) is 8.67. The quantitative estimate of drug-likeness (QED) is 0.389. The summed E-state index contributed by atoms with van der Waals surface area (Å²) in [5, 5.41) is 7.97. The van der Waals surface area contributed by atoms with Crippen LogP contribution in [0.25, 0.3) is 22.9 Å². The van der Waals surface area contributed by atoms with Gasteiger partial charge in [-0.05, 0) is 67.0 Å². The number of alkyl halides is 3. The predicted octanol–water partition coefficient (Wildman–Crippen LogP) is 4.31. The summed E-state index contributed by atoms with van der Waals surface area (Å²) >= 11 is 3.31. The molecule has 0 saturated heterocycles. The molecule has 0 aliphatic carbocycles. The predicted molar refractivity (Wildman–Crippen MR) is 122 cm³/mol. The summed E-state index contributed by atoms with van der Waals surface area (Å²) in [7, 11) is 0. The second-order valence-electron chi connectivity index (χ2n) is 7.76. The van der Waals surface area contributed by atoms with Gasteiger partial charge in [0, 0.05) is 16.7 Å². The Labute approximate surface area is 199 Å². The molecule has 0 fully saturated rings. The normalized spacial score (nSPS) is 11.9. The molecule has 176 valence electrons. The molecule has 0 atom stereocenters. The summed E-state index contributed by atoms with van der Waals surface area (Å²) in [6.45, 7) is 4.77. The van der Waals surface area contributed by atoms with Crippen LogP contribution in [0.3, 0.4) is 0 Å². The van der Waals surface area contributed by atoms with Crippen molar-refractivity contribution in [1.29, 1.82) is 0 Å². The number of halogens is 4. The highest BCUT2D eigenvalue weighted by molar-refractivity contribution is 9.10. The fourth-order valence-corrected chi connectivity index (χ4v) is 3.89. The van der Waals surface area contributed by atoms with E-state index in [1.165, 1.54) is 30.0 Å². The van der Waals surface area contributed by atoms with Crippen LogP contribution in [0.5, 0.6) is 0 Å². The summed E-state index contributed by atoms with van der Waals surface area (Å²) in [6.07, 6.45) is -1.75. The first-order chi connectivity index (χ1) is 16.0. The fraction of sp³-hybridized carbons (Fsp3) is 0.227. The first-order valence-electron chi connectivity index (χ1n) is 10.1. The van der Waals surface area contributed by atoms with Crippen LogP contribution in [0.4, 0.5) is 13.2 Å². The zero-order valence-electron chi connectivity index (χ0n) is 18.2. The van der Waals surface area contributed by atoms with Crippen molar-refractivity contribution < 1.29 is 13.2 Å². The van der Waals surface area contributed by atoms with E-state index in [2.05, 4.69) is 31.1 Å². The molecule has 8 nitrogen and oxygen atoms in total. The van der Waals surface area contributed by atoms with Gasteiger partial charge in [-0.3, -0.25) is 23.5 Å². The highest BCUT2D eigenvalue weighted by Gasteiger charge is 2.31. The van der Waals surface area contributed by atoms with E-state index in [-0.39, 0.29) is 22.9 Å². The summed E-state index contributed by atoms with van der Waals surface area (Å²) in [5.74, 6) is 0.234. The molecular formula is C22H18BrF3N6O2. The van der Waals surface area contributed by atoms with Crippen LogP contribution < -0.4 is 11.2 Å². The van der Waals surface area contributed by atoms with Gasteiger partial charge < -0.3 is 0 Å². The number of benzene rings is 1. The topological polar surface area (TPSA) is 87.6 Å². The van der Waals surface area contributed by atoms with Crippen molar-refractivity contribution >= 4 is 15.9 Å². The van der Waals surface area contributed by atoms with Crippen molar-refractivity contribution in [2.75, 3.05) is 0 Å². The molecule has 34 heavy (non-hydrogen) atoms. The van der Waals surface area contributed by atoms with Crippen LogP contribution in [0.15, 0.2) is 63.0 Å². The van der Waals surface area contributed by atoms with Gasteiger partial charge in [0.25, 0.3) is 5.56 Å². The lowest BCUT2D eigenvalue weighted by molar-refractivity contribution is -0.137. The number of nitrogens with zero attached hydrogens (tertiary/aromatic N) is 6. The Morgan fingerprint density at radius 1 is 1.09 bits per heavy atom. The van der Waals surface area contributed by atoms with Crippen LogP contribution in [-0.2, 0) is 6.18 Å². The van der Waals surface area contributed by atoms with Crippen molar-refractivity contribution in [2.24, 2.45) is 0 Å². The van der Waals surface area contributed by atoms with Gasteiger partial charge in [0.2, 0.25) is 0 Å². The molecule has 4 rings (SSSR count). The lowest BCUT2D eigenvalue weighted by Crippen LogP contribution is -2.43. The van der Waals surface area contributed by atoms with E-state index in [4.69, 9.17) is 0 Å². The molecule has 0 bridgehead atoms. The molecule has 3 heterocycles. The van der Waals surface area contributed by atoms with Crippen LogP contribution in [0.2, 0.25) is 0 Å². The van der Waals surface area contributed by atoms with E-state index in [1.807, 2.05) is 0 Å². The minimum atomic E-state index is -4.60. The number of aromatic nitrogens is 6. The van der Waals surface area contributed by atoms with Crippen LogP contribution in [0.1, 0.15) is 31.1 Å². The van der Waals surface area contributed by atoms with Crippen molar-refractivity contribution in [3.63, 3.8) is 0 Å². The summed E-state index contributed by atoms with van der Waals surface area (Å²) in [4.78, 5) is 31.1. The molecular weight excluding hydrogens is 517 g/mol. The summed E-state index contributed by atoms with van der Waals surface area (Å²) in [6, 6.07) is 7.23. The van der Waals surface area contributed by atoms with Gasteiger partial charge in [-0.1, -0.05) is 6.07 Å². The van der Waals surface area contributed by atoms with Gasteiger partial charge in [-0.25, -0.2) is 4.79 Å². The van der Waals surface area contributed by atoms with E-state index < -0.39 is 29.0 Å². The Morgan fingerprint density at radius 2 is 1.82 bits per heavy atom. The van der Waals surface area contributed by atoms with Crippen LogP contribution in [0, 0.1) is 6.92 Å². The molecule has 0 N–H and O–H groups in total. The Morgan fingerprint density at radius 3 is 2.44 bits per heavy atom. The minimum absolute atomic E-state index is 0.0235. The van der Waals surface area contributed by atoms with Crippen molar-refractivity contribution in [3.8, 4) is 22.9 Å². The largest absolute Gasteiger partial charge is 0.416 e. The molecule has 0 aliphatic heterocycles. The number of hydrogen-bond donors (Lipinski definition) is 0. The first-order valence-corrected chi connectivity index (χ1v) is 10.9. The van der Waals surface area contributed by atoms with Crippen molar-refractivity contribution in [1.82, 2.24) is 28.9 Å². The lowest BCUT2D eigenvalue weighted by Gasteiger charge is -2.20. The molecule has 0 aliphatic rings. The fourth-order valence-electron chi connectivity index (χ4n) is 3.65. The van der Waals surface area contributed by atoms with E-state index in [0.717, 1.165) is 25.7 Å². The van der Waals surface area contributed by atoms with Crippen molar-refractivity contribution in [2.45, 2.75) is 33.0 Å². The average Bonchev–Trinajstić information content (AvgIpc) is 3.23. The van der Waals surface area contributed by atoms with Gasteiger partial charge >= 0.3 is 11.9 Å². The second-order valence-corrected chi connectivity index (χ2v) is 8.67. The highest BCUT2D eigenvalue weighted by Crippen LogP contribution is 2.30. The van der Waals surface area contributed by atoms with Gasteiger partial charge in [0.05, 0.1) is 16.9 Å². The summed E-state index contributed by atoms with van der Waals surface area (Å²) in [5.41, 5.74) is -1.75. The van der Waals surface area contributed by atoms with E-state index in [1.54, 1.807) is 32.2 Å².